The second-order valence-corrected chi connectivity index (χ2v) is 5.40. The minimum Gasteiger partial charge on any atom is -0.387 e. The van der Waals surface area contributed by atoms with Crippen LogP contribution in [0, 0.1) is 17.0 Å². The molecule has 0 radical (unpaired) electrons. The van der Waals surface area contributed by atoms with Crippen molar-refractivity contribution in [1.82, 2.24) is 10.3 Å². The van der Waals surface area contributed by atoms with E-state index in [0.29, 0.717) is 11.6 Å². The minimum absolute atomic E-state index is 0.0473. The number of nitrogens with zero attached hydrogens (tertiary/aromatic N) is 2. The molecule has 10 heteroatoms. The van der Waals surface area contributed by atoms with Gasteiger partial charge in [-0.3, -0.25) is 14.9 Å². The summed E-state index contributed by atoms with van der Waals surface area (Å²) in [6.07, 6.45) is -5.74. The quantitative estimate of drug-likeness (QED) is 0.623. The number of nitro groups is 1. The molecule has 1 aromatic heterocycles. The van der Waals surface area contributed by atoms with E-state index in [1.54, 1.807) is 0 Å². The first-order chi connectivity index (χ1) is 12.1. The number of rotatable bonds is 5. The van der Waals surface area contributed by atoms with Gasteiger partial charge >= 0.3 is 6.18 Å². The fourth-order valence-corrected chi connectivity index (χ4v) is 2.18. The lowest BCUT2D eigenvalue weighted by Gasteiger charge is -2.14. The Balaban J connectivity index is 2.02. The predicted octanol–water partition coefficient (Wildman–Crippen LogP) is 2.78. The molecule has 0 aliphatic rings. The van der Waals surface area contributed by atoms with Crippen molar-refractivity contribution in [3.63, 3.8) is 0 Å². The van der Waals surface area contributed by atoms with Crippen LogP contribution < -0.4 is 5.32 Å². The van der Waals surface area contributed by atoms with Gasteiger partial charge in [-0.25, -0.2) is 4.98 Å². The maximum absolute atomic E-state index is 12.6. The summed E-state index contributed by atoms with van der Waals surface area (Å²) in [6, 6.07) is 6.84. The highest BCUT2D eigenvalue weighted by Gasteiger charge is 2.33. The summed E-state index contributed by atoms with van der Waals surface area (Å²) in [5, 5.41) is 23.0. The molecule has 1 amide bonds. The SMILES string of the molecule is Cc1nc(C(F)(F)F)ccc1C(=O)NCC(O)c1ccc([N+](=O)[O-])cc1. The summed E-state index contributed by atoms with van der Waals surface area (Å²) in [6.45, 7) is 1.05. The number of hydrogen-bond acceptors (Lipinski definition) is 5. The average molecular weight is 369 g/mol. The molecule has 1 unspecified atom stereocenters. The molecule has 0 fully saturated rings. The summed E-state index contributed by atoms with van der Waals surface area (Å²) in [4.78, 5) is 25.4. The standard InChI is InChI=1S/C16H14F3N3O4/c1-9-12(6-7-14(21-9)16(17,18)19)15(24)20-8-13(23)10-2-4-11(5-3-10)22(25)26/h2-7,13,23H,8H2,1H3,(H,20,24). The highest BCUT2D eigenvalue weighted by molar-refractivity contribution is 5.95. The molecule has 26 heavy (non-hydrogen) atoms. The van der Waals surface area contributed by atoms with Gasteiger partial charge in [-0.05, 0) is 36.8 Å². The van der Waals surface area contributed by atoms with E-state index in [1.165, 1.54) is 31.2 Å². The summed E-state index contributed by atoms with van der Waals surface area (Å²) >= 11 is 0. The largest absolute Gasteiger partial charge is 0.433 e. The second-order valence-electron chi connectivity index (χ2n) is 5.40. The summed E-state index contributed by atoms with van der Waals surface area (Å²) < 4.78 is 37.7. The number of carbonyl (C=O) groups is 1. The summed E-state index contributed by atoms with van der Waals surface area (Å²) in [7, 11) is 0. The molecule has 2 aromatic rings. The van der Waals surface area contributed by atoms with Gasteiger partial charge in [-0.1, -0.05) is 0 Å². The number of carbonyl (C=O) groups excluding carboxylic acids is 1. The van der Waals surface area contributed by atoms with Gasteiger partial charge < -0.3 is 10.4 Å². The fraction of sp³-hybridized carbons (Fsp3) is 0.250. The monoisotopic (exact) mass is 369 g/mol. The van der Waals surface area contributed by atoms with Gasteiger partial charge in [0, 0.05) is 18.7 Å². The number of aliphatic hydroxyl groups is 1. The Morgan fingerprint density at radius 3 is 2.38 bits per heavy atom. The first-order valence-electron chi connectivity index (χ1n) is 7.35. The van der Waals surface area contributed by atoms with Crippen molar-refractivity contribution in [2.75, 3.05) is 6.54 Å². The van der Waals surface area contributed by atoms with Crippen molar-refractivity contribution in [2.45, 2.75) is 19.2 Å². The second kappa shape index (κ2) is 7.48. The lowest BCUT2D eigenvalue weighted by molar-refractivity contribution is -0.384. The molecule has 0 spiro atoms. The first kappa shape index (κ1) is 19.3. The normalized spacial score (nSPS) is 12.5. The van der Waals surface area contributed by atoms with E-state index in [9.17, 15) is 33.2 Å². The van der Waals surface area contributed by atoms with Gasteiger partial charge in [-0.15, -0.1) is 0 Å². The molecule has 2 N–H and O–H groups in total. The number of benzene rings is 1. The van der Waals surface area contributed by atoms with Crippen molar-refractivity contribution >= 4 is 11.6 Å². The molecular weight excluding hydrogens is 355 g/mol. The Kier molecular flexibility index (Phi) is 5.56. The van der Waals surface area contributed by atoms with Gasteiger partial charge in [0.25, 0.3) is 11.6 Å². The zero-order valence-corrected chi connectivity index (χ0v) is 13.4. The summed E-state index contributed by atoms with van der Waals surface area (Å²) in [5.41, 5.74) is -1.04. The predicted molar refractivity (Wildman–Crippen MR) is 84.4 cm³/mol. The average Bonchev–Trinajstić information content (AvgIpc) is 2.58. The number of non-ortho nitro benzene ring substituents is 1. The third-order valence-corrected chi connectivity index (χ3v) is 3.57. The maximum Gasteiger partial charge on any atom is 0.433 e. The number of pyridine rings is 1. The number of nitrogens with one attached hydrogen (secondary N) is 1. The van der Waals surface area contributed by atoms with Crippen LogP contribution in [0.3, 0.4) is 0 Å². The topological polar surface area (TPSA) is 105 Å². The van der Waals surface area contributed by atoms with Crippen molar-refractivity contribution in [3.8, 4) is 0 Å². The molecule has 138 valence electrons. The van der Waals surface area contributed by atoms with E-state index in [2.05, 4.69) is 10.3 Å². The lowest BCUT2D eigenvalue weighted by Crippen LogP contribution is -2.29. The Morgan fingerprint density at radius 2 is 1.88 bits per heavy atom. The first-order valence-corrected chi connectivity index (χ1v) is 7.35. The zero-order valence-electron chi connectivity index (χ0n) is 13.4. The van der Waals surface area contributed by atoms with E-state index >= 15 is 0 Å². The third kappa shape index (κ3) is 4.54. The lowest BCUT2D eigenvalue weighted by atomic mass is 10.1. The Hall–Kier alpha value is -3.01. The molecule has 7 nitrogen and oxygen atoms in total. The van der Waals surface area contributed by atoms with Gasteiger partial charge in [0.15, 0.2) is 0 Å². The van der Waals surface area contributed by atoms with Crippen LogP contribution in [-0.4, -0.2) is 27.5 Å². The van der Waals surface area contributed by atoms with E-state index in [-0.39, 0.29) is 23.5 Å². The summed E-state index contributed by atoms with van der Waals surface area (Å²) in [5.74, 6) is -0.690. The number of nitro benzene ring substituents is 1. The number of aromatic nitrogens is 1. The van der Waals surface area contributed by atoms with Crippen molar-refractivity contribution in [2.24, 2.45) is 0 Å². The molecule has 0 aliphatic heterocycles. The Labute approximate surface area is 145 Å². The number of amides is 1. The van der Waals surface area contributed by atoms with Crippen LogP contribution in [0.5, 0.6) is 0 Å². The van der Waals surface area contributed by atoms with Crippen LogP contribution in [-0.2, 0) is 6.18 Å². The van der Waals surface area contributed by atoms with Gasteiger partial charge in [-0.2, -0.15) is 13.2 Å². The van der Waals surface area contributed by atoms with Crippen LogP contribution in [0.25, 0.3) is 0 Å². The number of hydrogen-bond donors (Lipinski definition) is 2. The van der Waals surface area contributed by atoms with Crippen LogP contribution in [0.4, 0.5) is 18.9 Å². The van der Waals surface area contributed by atoms with E-state index < -0.39 is 28.8 Å². The van der Waals surface area contributed by atoms with E-state index in [1.807, 2.05) is 0 Å². The molecule has 2 rings (SSSR count). The van der Waals surface area contributed by atoms with Crippen molar-refractivity contribution < 1.29 is 28.0 Å². The van der Waals surface area contributed by atoms with Crippen molar-refractivity contribution in [1.29, 1.82) is 0 Å². The van der Waals surface area contributed by atoms with Gasteiger partial charge in [0.05, 0.1) is 22.3 Å². The van der Waals surface area contributed by atoms with Gasteiger partial charge in [0.2, 0.25) is 0 Å². The highest BCUT2D eigenvalue weighted by Crippen LogP contribution is 2.28. The number of aryl methyl sites for hydroxylation is 1. The van der Waals surface area contributed by atoms with Crippen LogP contribution in [0.2, 0.25) is 0 Å². The van der Waals surface area contributed by atoms with Crippen LogP contribution >= 0.6 is 0 Å². The van der Waals surface area contributed by atoms with E-state index in [0.717, 1.165) is 6.07 Å². The number of alkyl halides is 3. The fourth-order valence-electron chi connectivity index (χ4n) is 2.18. The van der Waals surface area contributed by atoms with Crippen LogP contribution in [0.1, 0.15) is 33.4 Å². The van der Waals surface area contributed by atoms with E-state index in [4.69, 9.17) is 0 Å². The molecule has 1 heterocycles. The molecule has 0 bridgehead atoms. The number of aliphatic hydroxyl groups excluding tert-OH is 1. The molecule has 0 saturated carbocycles. The van der Waals surface area contributed by atoms with Gasteiger partial charge in [0.1, 0.15) is 5.69 Å². The smallest absolute Gasteiger partial charge is 0.387 e. The number of halogens is 3. The molecule has 0 aliphatic carbocycles. The minimum atomic E-state index is -4.61. The molecule has 0 saturated heterocycles. The highest BCUT2D eigenvalue weighted by atomic mass is 19.4. The molecule has 1 aromatic carbocycles. The molecule has 1 atom stereocenters. The molecular formula is C16H14F3N3O4. The third-order valence-electron chi connectivity index (χ3n) is 3.57. The zero-order chi connectivity index (χ0) is 19.5. The Morgan fingerprint density at radius 1 is 1.27 bits per heavy atom. The Bertz CT molecular complexity index is 822. The van der Waals surface area contributed by atoms with Crippen LogP contribution in [0.15, 0.2) is 36.4 Å². The van der Waals surface area contributed by atoms with Crippen molar-refractivity contribution in [3.05, 3.63) is 69.0 Å². The maximum atomic E-state index is 12.6.